The fourth-order valence-electron chi connectivity index (χ4n) is 0. The van der Waals surface area contributed by atoms with Crippen molar-refractivity contribution in [1.82, 2.24) is 0 Å². The van der Waals surface area contributed by atoms with E-state index in [-0.39, 0.29) is 101 Å². The van der Waals surface area contributed by atoms with E-state index in [1.807, 2.05) is 0 Å². The maximum absolute atomic E-state index is 8.74. The maximum atomic E-state index is 8.74. The molecule has 0 spiro atoms. The summed E-state index contributed by atoms with van der Waals surface area (Å²) in [5.41, 5.74) is 0. The van der Waals surface area contributed by atoms with Crippen LogP contribution in [0.5, 0.6) is 0 Å². The molecule has 0 amide bonds. The van der Waals surface area contributed by atoms with Gasteiger partial charge in [-0.05, 0) is 0 Å². The molecule has 174 valence electrons. The fourth-order valence-corrected chi connectivity index (χ4v) is 0. The maximum Gasteiger partial charge on any atom is 0.394 e. The minimum absolute atomic E-state index is 0. The van der Waals surface area contributed by atoms with Crippen LogP contribution >= 0.6 is 0 Å². The summed E-state index contributed by atoms with van der Waals surface area (Å²) in [6.07, 6.45) is 0. The first-order valence-corrected chi connectivity index (χ1v) is 6.29. The van der Waals surface area contributed by atoms with Gasteiger partial charge in [-0.2, -0.15) is 25.3 Å². The first-order valence-electron chi connectivity index (χ1n) is 2.10. The molecule has 0 atom stereocenters. The van der Waals surface area contributed by atoms with E-state index in [1.165, 1.54) is 0 Å². The number of hydrogen-bond acceptors (Lipinski definition) is 6. The molecule has 0 aliphatic carbocycles. The first-order chi connectivity index (χ1) is 6.00. The van der Waals surface area contributed by atoms with Crippen molar-refractivity contribution in [3.63, 3.8) is 0 Å². The summed E-state index contributed by atoms with van der Waals surface area (Å²) in [5, 5.41) is 0. The Bertz CT molecular complexity index is 344. The molecule has 0 aromatic rings. The summed E-state index contributed by atoms with van der Waals surface area (Å²) in [7, 11) is -14.0. The minimum atomic E-state index is -4.67. The second-order valence-electron chi connectivity index (χ2n) is 1.34. The Morgan fingerprint density at radius 2 is 0.308 bits per heavy atom. The van der Waals surface area contributed by atoms with Gasteiger partial charge in [-0.15, -0.1) is 0 Å². The Morgan fingerprint density at radius 1 is 0.308 bits per heavy atom. The third-order valence-corrected chi connectivity index (χ3v) is 0. The molecule has 0 aliphatic rings. The van der Waals surface area contributed by atoms with E-state index in [2.05, 4.69) is 0 Å². The molecule has 6 radical (unpaired) electrons. The summed E-state index contributed by atoms with van der Waals surface area (Å²) < 4.78 is 94.8. The van der Waals surface area contributed by atoms with Crippen LogP contribution in [0.25, 0.3) is 0 Å². The van der Waals surface area contributed by atoms with Crippen LogP contribution in [-0.4, -0.2) is 154 Å². The first kappa shape index (κ1) is 108. The molecular weight excluding hydrogens is 662 g/mol. The molecule has 0 heterocycles. The van der Waals surface area contributed by atoms with Crippen LogP contribution in [-0.2, 0) is 31.2 Å². The van der Waals surface area contributed by atoms with E-state index < -0.39 is 31.2 Å². The van der Waals surface area contributed by atoms with Crippen LogP contribution in [0.2, 0.25) is 0 Å². The molecular formula is H24In2O21S3. The second-order valence-corrected chi connectivity index (χ2v) is 4.03. The number of rotatable bonds is 0. The van der Waals surface area contributed by atoms with E-state index in [0.717, 1.165) is 0 Å². The van der Waals surface area contributed by atoms with E-state index >= 15 is 0 Å². The topological polar surface area (TPSA) is 507 Å². The summed E-state index contributed by atoms with van der Waals surface area (Å²) in [5.74, 6) is 0. The van der Waals surface area contributed by atoms with Crippen LogP contribution in [0.3, 0.4) is 0 Å². The SMILES string of the molecule is O.O.O.O.O.O.O.O.O.O=S(=O)(O)O.O=S(=O)(O)O.O=S(=O)(O)O.[In].[In]. The molecule has 0 unspecified atom stereocenters. The zero-order valence-electron chi connectivity index (χ0n) is 12.0. The van der Waals surface area contributed by atoms with Crippen molar-refractivity contribution in [3.8, 4) is 0 Å². The molecule has 0 aromatic carbocycles. The van der Waals surface area contributed by atoms with Crippen LogP contribution in [0, 0.1) is 0 Å². The predicted octanol–water partition coefficient (Wildman–Crippen LogP) is -10.1. The Kier molecular flexibility index (Phi) is 187. The summed E-state index contributed by atoms with van der Waals surface area (Å²) >= 11 is 0. The van der Waals surface area contributed by atoms with Gasteiger partial charge < -0.3 is 49.3 Å². The van der Waals surface area contributed by atoms with E-state index in [1.54, 1.807) is 0 Å². The smallest absolute Gasteiger partial charge is 0.394 e. The third kappa shape index (κ3) is 14700. The summed E-state index contributed by atoms with van der Waals surface area (Å²) in [6.45, 7) is 0. The van der Waals surface area contributed by atoms with Gasteiger partial charge in [-0.25, -0.2) is 0 Å². The second kappa shape index (κ2) is 45.0. The monoisotopic (exact) mass is 686 g/mol. The van der Waals surface area contributed by atoms with Crippen LogP contribution < -0.4 is 0 Å². The molecule has 24 N–H and O–H groups in total. The van der Waals surface area contributed by atoms with Crippen molar-refractivity contribution in [3.05, 3.63) is 0 Å². The van der Waals surface area contributed by atoms with Gasteiger partial charge in [0.25, 0.3) is 0 Å². The van der Waals surface area contributed by atoms with Crippen molar-refractivity contribution in [2.24, 2.45) is 0 Å². The van der Waals surface area contributed by atoms with Crippen molar-refractivity contribution < 1.29 is 102 Å². The third-order valence-electron chi connectivity index (χ3n) is 0. The Labute approximate surface area is 183 Å². The molecule has 0 saturated heterocycles. The van der Waals surface area contributed by atoms with Gasteiger partial charge in [0.05, 0.1) is 0 Å². The normalized spacial score (nSPS) is 6.69. The van der Waals surface area contributed by atoms with E-state index in [4.69, 9.17) is 52.6 Å². The molecule has 0 aromatic heterocycles. The van der Waals surface area contributed by atoms with Crippen molar-refractivity contribution in [1.29, 1.82) is 0 Å². The zero-order chi connectivity index (χ0) is 13.5. The molecule has 26 heavy (non-hydrogen) atoms. The summed E-state index contributed by atoms with van der Waals surface area (Å²) in [6, 6.07) is 0. The molecule has 26 heteroatoms. The average Bonchev–Trinajstić information content (AvgIpc) is 1.41. The largest absolute Gasteiger partial charge is 0.412 e. The van der Waals surface area contributed by atoms with E-state index in [9.17, 15) is 0 Å². The molecule has 0 saturated carbocycles. The molecule has 0 rings (SSSR count). The Morgan fingerprint density at radius 3 is 0.308 bits per heavy atom. The quantitative estimate of drug-likeness (QED) is 0.129. The zero-order valence-corrected chi connectivity index (χ0v) is 21.1. The predicted molar refractivity (Wildman–Crippen MR) is 86.6 cm³/mol. The fraction of sp³-hybridized carbons (Fsp3) is 0. The molecule has 0 aliphatic heterocycles. The standard InChI is InChI=1S/2In.3H2O4S.9H2O/c;;3*1-5(2,3)4;;;;;;;;;/h;;3*(H2,1,2,3,4);9*1H2. The van der Waals surface area contributed by atoms with Crippen molar-refractivity contribution >= 4 is 82.9 Å². The van der Waals surface area contributed by atoms with Gasteiger partial charge in [-0.3, -0.25) is 27.3 Å². The Hall–Kier alpha value is 0.990. The van der Waals surface area contributed by atoms with Crippen LogP contribution in [0.15, 0.2) is 0 Å². The Balaban J connectivity index is -0.00000000571. The van der Waals surface area contributed by atoms with Gasteiger partial charge >= 0.3 is 31.2 Å². The number of hydrogen-bond donors (Lipinski definition) is 6. The van der Waals surface area contributed by atoms with Gasteiger partial charge in [-0.1, -0.05) is 0 Å². The molecule has 0 fully saturated rings. The minimum Gasteiger partial charge on any atom is -0.412 e. The van der Waals surface area contributed by atoms with E-state index in [0.29, 0.717) is 0 Å². The summed E-state index contributed by atoms with van der Waals surface area (Å²) in [4.78, 5) is 0. The van der Waals surface area contributed by atoms with Gasteiger partial charge in [0.15, 0.2) is 0 Å². The average molecular weight is 686 g/mol. The van der Waals surface area contributed by atoms with Gasteiger partial charge in [0, 0.05) is 51.7 Å². The van der Waals surface area contributed by atoms with Gasteiger partial charge in [0.1, 0.15) is 0 Å². The molecule has 0 bridgehead atoms. The van der Waals surface area contributed by atoms with Crippen LogP contribution in [0.4, 0.5) is 0 Å². The van der Waals surface area contributed by atoms with Gasteiger partial charge in [0.2, 0.25) is 0 Å². The van der Waals surface area contributed by atoms with Crippen LogP contribution in [0.1, 0.15) is 0 Å². The van der Waals surface area contributed by atoms with Crippen molar-refractivity contribution in [2.45, 2.75) is 0 Å². The molecule has 21 nitrogen and oxygen atoms in total. The van der Waals surface area contributed by atoms with Crippen molar-refractivity contribution in [2.75, 3.05) is 0 Å².